The second-order valence-electron chi connectivity index (χ2n) is 7.98. The summed E-state index contributed by atoms with van der Waals surface area (Å²) in [6.45, 7) is 0.307. The number of rotatable bonds is 12. The van der Waals surface area contributed by atoms with E-state index in [4.69, 9.17) is 10.2 Å². The zero-order valence-corrected chi connectivity index (χ0v) is 17.9. The first kappa shape index (κ1) is 21.8. The third-order valence-electron chi connectivity index (χ3n) is 5.83. The maximum absolute atomic E-state index is 11.0. The van der Waals surface area contributed by atoms with Crippen molar-refractivity contribution in [1.82, 2.24) is 0 Å². The van der Waals surface area contributed by atoms with Gasteiger partial charge in [0.1, 0.15) is 4.88 Å². The zero-order chi connectivity index (χ0) is 20.5. The van der Waals surface area contributed by atoms with Gasteiger partial charge in [0.15, 0.2) is 0 Å². The van der Waals surface area contributed by atoms with Crippen molar-refractivity contribution in [3.63, 3.8) is 0 Å². The van der Waals surface area contributed by atoms with Crippen LogP contribution in [0, 0.1) is 5.92 Å². The average Bonchev–Trinajstić information content (AvgIpc) is 3.38. The van der Waals surface area contributed by atoms with E-state index >= 15 is 0 Å². The highest BCUT2D eigenvalue weighted by atomic mass is 32.1. The number of carboxylic acids is 1. The molecule has 0 saturated heterocycles. The summed E-state index contributed by atoms with van der Waals surface area (Å²) < 4.78 is 0. The van der Waals surface area contributed by atoms with Crippen LogP contribution in [0.4, 0.5) is 0 Å². The number of aryl methyl sites for hydroxylation is 2. The first-order valence-electron chi connectivity index (χ1n) is 10.9. The summed E-state index contributed by atoms with van der Waals surface area (Å²) >= 11 is 1.41. The van der Waals surface area contributed by atoms with Crippen molar-refractivity contribution in [1.29, 1.82) is 0 Å². The van der Waals surface area contributed by atoms with E-state index in [1.165, 1.54) is 58.6 Å². The van der Waals surface area contributed by atoms with Crippen molar-refractivity contribution in [2.75, 3.05) is 6.61 Å². The van der Waals surface area contributed by atoms with Crippen molar-refractivity contribution in [2.45, 2.75) is 64.2 Å². The molecule has 1 heterocycles. The van der Waals surface area contributed by atoms with Crippen LogP contribution in [-0.4, -0.2) is 22.8 Å². The van der Waals surface area contributed by atoms with Gasteiger partial charge in [-0.1, -0.05) is 43.2 Å². The molecule has 0 amide bonds. The van der Waals surface area contributed by atoms with Gasteiger partial charge < -0.3 is 10.2 Å². The lowest BCUT2D eigenvalue weighted by Crippen LogP contribution is -2.00. The summed E-state index contributed by atoms with van der Waals surface area (Å²) in [7, 11) is 0. The highest BCUT2D eigenvalue weighted by molar-refractivity contribution is 7.13. The number of aromatic carboxylic acids is 1. The van der Waals surface area contributed by atoms with Gasteiger partial charge in [0, 0.05) is 11.5 Å². The number of unbranched alkanes of at least 4 members (excludes halogenated alkanes) is 3. The van der Waals surface area contributed by atoms with Crippen molar-refractivity contribution in [2.24, 2.45) is 5.92 Å². The standard InChI is InChI=1S/C25H32O3S/c26-18-4-2-1-3-7-19-12-14-21(15-13-19)23-11-6-9-20(23)8-5-10-22-16-17-24(29-22)25(27)28/h11-17,20,26H,1-10,18H2,(H,27,28)/t20-/m0/s1. The van der Waals surface area contributed by atoms with Gasteiger partial charge in [-0.05, 0) is 86.1 Å². The molecule has 2 aromatic rings. The monoisotopic (exact) mass is 412 g/mol. The molecule has 156 valence electrons. The minimum atomic E-state index is -0.823. The van der Waals surface area contributed by atoms with Crippen LogP contribution in [0.2, 0.25) is 0 Å². The molecule has 1 aromatic carbocycles. The third-order valence-corrected chi connectivity index (χ3v) is 6.96. The Hall–Kier alpha value is -1.91. The van der Waals surface area contributed by atoms with E-state index in [1.54, 1.807) is 6.07 Å². The first-order chi connectivity index (χ1) is 14.2. The zero-order valence-electron chi connectivity index (χ0n) is 17.1. The molecule has 0 unspecified atom stereocenters. The van der Waals surface area contributed by atoms with Crippen LogP contribution in [0.25, 0.3) is 5.57 Å². The lowest BCUT2D eigenvalue weighted by atomic mass is 9.90. The van der Waals surface area contributed by atoms with E-state index in [0.29, 0.717) is 17.4 Å². The van der Waals surface area contributed by atoms with Gasteiger partial charge in [0.05, 0.1) is 0 Å². The fourth-order valence-electron chi connectivity index (χ4n) is 4.22. The highest BCUT2D eigenvalue weighted by Gasteiger charge is 2.20. The molecule has 3 rings (SSSR count). The van der Waals surface area contributed by atoms with Gasteiger partial charge in [-0.25, -0.2) is 4.79 Å². The largest absolute Gasteiger partial charge is 0.477 e. The number of benzene rings is 1. The molecule has 1 aromatic heterocycles. The number of hydrogen-bond donors (Lipinski definition) is 2. The Labute approximate surface area is 178 Å². The van der Waals surface area contributed by atoms with E-state index in [-0.39, 0.29) is 0 Å². The van der Waals surface area contributed by atoms with Gasteiger partial charge in [0.25, 0.3) is 0 Å². The molecule has 0 fully saturated rings. The van der Waals surface area contributed by atoms with Crippen molar-refractivity contribution in [3.05, 3.63) is 63.4 Å². The van der Waals surface area contributed by atoms with Gasteiger partial charge in [-0.3, -0.25) is 0 Å². The van der Waals surface area contributed by atoms with Crippen LogP contribution in [0.3, 0.4) is 0 Å². The van der Waals surface area contributed by atoms with Crippen LogP contribution < -0.4 is 0 Å². The molecule has 2 N–H and O–H groups in total. The van der Waals surface area contributed by atoms with Gasteiger partial charge >= 0.3 is 5.97 Å². The van der Waals surface area contributed by atoms with Gasteiger partial charge in [-0.2, -0.15) is 0 Å². The predicted octanol–water partition coefficient (Wildman–Crippen LogP) is 6.36. The number of aliphatic hydroxyl groups is 1. The van der Waals surface area contributed by atoms with E-state index in [0.717, 1.165) is 38.5 Å². The van der Waals surface area contributed by atoms with E-state index < -0.39 is 5.97 Å². The minimum Gasteiger partial charge on any atom is -0.477 e. The Bertz CT molecular complexity index is 804. The van der Waals surface area contributed by atoms with Crippen LogP contribution in [0.5, 0.6) is 0 Å². The summed E-state index contributed by atoms with van der Waals surface area (Å²) in [5, 5.41) is 17.9. The molecule has 0 spiro atoms. The Balaban J connectivity index is 1.46. The van der Waals surface area contributed by atoms with E-state index in [2.05, 4.69) is 30.3 Å². The third kappa shape index (κ3) is 6.55. The average molecular weight is 413 g/mol. The molecule has 0 radical (unpaired) electrons. The smallest absolute Gasteiger partial charge is 0.345 e. The van der Waals surface area contributed by atoms with Crippen molar-refractivity contribution >= 4 is 22.9 Å². The lowest BCUT2D eigenvalue weighted by Gasteiger charge is -2.15. The Morgan fingerprint density at radius 3 is 2.48 bits per heavy atom. The predicted molar refractivity (Wildman–Crippen MR) is 121 cm³/mol. The summed E-state index contributed by atoms with van der Waals surface area (Å²) in [6, 6.07) is 12.8. The second kappa shape index (κ2) is 11.3. The quantitative estimate of drug-likeness (QED) is 0.399. The van der Waals surface area contributed by atoms with Gasteiger partial charge in [-0.15, -0.1) is 11.3 Å². The SMILES string of the molecule is O=C(O)c1ccc(CCC[C@H]2CCC=C2c2ccc(CCCCCCO)cc2)s1. The summed E-state index contributed by atoms with van der Waals surface area (Å²) in [6.07, 6.45) is 13.6. The minimum absolute atomic E-state index is 0.307. The summed E-state index contributed by atoms with van der Waals surface area (Å²) in [4.78, 5) is 12.6. The molecular weight excluding hydrogens is 380 g/mol. The molecule has 3 nitrogen and oxygen atoms in total. The topological polar surface area (TPSA) is 57.5 Å². The molecule has 0 saturated carbocycles. The maximum Gasteiger partial charge on any atom is 0.345 e. The molecule has 0 aliphatic heterocycles. The number of carboxylic acid groups (broad SMARTS) is 1. The molecule has 4 heteroatoms. The molecular formula is C25H32O3S. The number of carbonyl (C=O) groups is 1. The lowest BCUT2D eigenvalue weighted by molar-refractivity contribution is 0.0702. The number of allylic oxidation sites excluding steroid dienone is 2. The number of thiophene rings is 1. The van der Waals surface area contributed by atoms with Crippen molar-refractivity contribution in [3.8, 4) is 0 Å². The van der Waals surface area contributed by atoms with E-state index in [9.17, 15) is 4.79 Å². The Kier molecular flexibility index (Phi) is 8.51. The van der Waals surface area contributed by atoms with Crippen LogP contribution in [0.1, 0.15) is 77.0 Å². The fraction of sp³-hybridized carbons (Fsp3) is 0.480. The first-order valence-corrected chi connectivity index (χ1v) is 11.7. The van der Waals surface area contributed by atoms with Crippen molar-refractivity contribution < 1.29 is 15.0 Å². The second-order valence-corrected chi connectivity index (χ2v) is 9.15. The maximum atomic E-state index is 11.0. The normalized spacial score (nSPS) is 16.2. The molecule has 0 bridgehead atoms. The summed E-state index contributed by atoms with van der Waals surface area (Å²) in [5.41, 5.74) is 4.26. The van der Waals surface area contributed by atoms with Crippen LogP contribution in [-0.2, 0) is 12.8 Å². The summed E-state index contributed by atoms with van der Waals surface area (Å²) in [5.74, 6) is -0.200. The van der Waals surface area contributed by atoms with Crippen LogP contribution in [0.15, 0.2) is 42.5 Å². The van der Waals surface area contributed by atoms with Gasteiger partial charge in [0.2, 0.25) is 0 Å². The molecule has 29 heavy (non-hydrogen) atoms. The van der Waals surface area contributed by atoms with Crippen LogP contribution >= 0.6 is 11.3 Å². The Morgan fingerprint density at radius 1 is 0.966 bits per heavy atom. The number of hydrogen-bond acceptors (Lipinski definition) is 3. The number of aliphatic hydroxyl groups excluding tert-OH is 1. The Morgan fingerprint density at radius 2 is 1.76 bits per heavy atom. The molecule has 1 aliphatic rings. The molecule has 1 aliphatic carbocycles. The molecule has 1 atom stereocenters. The highest BCUT2D eigenvalue weighted by Crippen LogP contribution is 2.37. The fourth-order valence-corrected chi connectivity index (χ4v) is 5.11. The van der Waals surface area contributed by atoms with E-state index in [1.807, 2.05) is 6.07 Å².